The first kappa shape index (κ1) is 21.0. The van der Waals surface area contributed by atoms with Crippen LogP contribution in [0.4, 0.5) is 0 Å². The molecule has 0 aliphatic heterocycles. The van der Waals surface area contributed by atoms with Gasteiger partial charge in [0.1, 0.15) is 0 Å². The number of carbonyl (C=O) groups excluding carboxylic acids is 2. The van der Waals surface area contributed by atoms with E-state index < -0.39 is 0 Å². The molecule has 144 valence electrons. The highest BCUT2D eigenvalue weighted by Gasteiger charge is 2.18. The summed E-state index contributed by atoms with van der Waals surface area (Å²) in [5, 5.41) is 6.32. The van der Waals surface area contributed by atoms with E-state index in [1.807, 2.05) is 65.0 Å². The van der Waals surface area contributed by atoms with Crippen LogP contribution in [0.1, 0.15) is 58.2 Å². The Morgan fingerprint density at radius 2 is 1.52 bits per heavy atom. The highest BCUT2D eigenvalue weighted by Crippen LogP contribution is 2.23. The summed E-state index contributed by atoms with van der Waals surface area (Å²) >= 11 is 6.46. The third kappa shape index (κ3) is 5.33. The first-order chi connectivity index (χ1) is 12.7. The SMILES string of the molecule is Cc1cccc(C)c1C(=O)NC(C)Cc1cccc(C(=O)NC(C)C)c1Cl. The Morgan fingerprint density at radius 1 is 0.926 bits per heavy atom. The molecule has 4 nitrogen and oxygen atoms in total. The first-order valence-electron chi connectivity index (χ1n) is 9.16. The van der Waals surface area contributed by atoms with E-state index in [4.69, 9.17) is 11.6 Å². The Bertz CT molecular complexity index is 826. The van der Waals surface area contributed by atoms with Crippen LogP contribution in [-0.4, -0.2) is 23.9 Å². The quantitative estimate of drug-likeness (QED) is 0.770. The molecule has 1 atom stereocenters. The van der Waals surface area contributed by atoms with Gasteiger partial charge in [0, 0.05) is 17.6 Å². The minimum absolute atomic E-state index is 0.0350. The van der Waals surface area contributed by atoms with Crippen molar-refractivity contribution in [1.29, 1.82) is 0 Å². The number of carbonyl (C=O) groups is 2. The molecule has 2 aromatic rings. The molecule has 0 aliphatic rings. The van der Waals surface area contributed by atoms with Gasteiger partial charge in [0.15, 0.2) is 0 Å². The summed E-state index contributed by atoms with van der Waals surface area (Å²) in [6, 6.07) is 11.1. The Balaban J connectivity index is 2.13. The molecule has 2 aromatic carbocycles. The van der Waals surface area contributed by atoms with E-state index in [1.165, 1.54) is 0 Å². The van der Waals surface area contributed by atoms with Crippen molar-refractivity contribution < 1.29 is 9.59 Å². The maximum atomic E-state index is 12.7. The molecule has 0 aromatic heterocycles. The second kappa shape index (κ2) is 9.05. The van der Waals surface area contributed by atoms with Crippen LogP contribution >= 0.6 is 11.6 Å². The summed E-state index contributed by atoms with van der Waals surface area (Å²) in [7, 11) is 0. The summed E-state index contributed by atoms with van der Waals surface area (Å²) in [5.41, 5.74) is 3.90. The summed E-state index contributed by atoms with van der Waals surface area (Å²) in [5.74, 6) is -0.285. The average molecular weight is 387 g/mol. The molecular formula is C22H27ClN2O2. The van der Waals surface area contributed by atoms with Crippen LogP contribution in [0.5, 0.6) is 0 Å². The lowest BCUT2D eigenvalue weighted by Gasteiger charge is -2.18. The lowest BCUT2D eigenvalue weighted by molar-refractivity contribution is 0.0930. The van der Waals surface area contributed by atoms with Crippen molar-refractivity contribution in [1.82, 2.24) is 10.6 Å². The average Bonchev–Trinajstić information content (AvgIpc) is 2.55. The van der Waals surface area contributed by atoms with E-state index in [2.05, 4.69) is 10.6 Å². The fraction of sp³-hybridized carbons (Fsp3) is 0.364. The van der Waals surface area contributed by atoms with Crippen molar-refractivity contribution in [3.8, 4) is 0 Å². The number of halogens is 1. The molecule has 0 heterocycles. The van der Waals surface area contributed by atoms with E-state index >= 15 is 0 Å². The van der Waals surface area contributed by atoms with Crippen molar-refractivity contribution >= 4 is 23.4 Å². The fourth-order valence-corrected chi connectivity index (χ4v) is 3.39. The summed E-state index contributed by atoms with van der Waals surface area (Å²) in [6.45, 7) is 9.60. The van der Waals surface area contributed by atoms with Gasteiger partial charge in [-0.15, -0.1) is 0 Å². The normalized spacial score (nSPS) is 12.0. The standard InChI is InChI=1S/C22H27ClN2O2/c1-13(2)24-21(26)18-11-7-10-17(20(18)23)12-16(5)25-22(27)19-14(3)8-6-9-15(19)4/h6-11,13,16H,12H2,1-5H3,(H,24,26)(H,25,27). The van der Waals surface area contributed by atoms with Gasteiger partial charge in [0.05, 0.1) is 10.6 Å². The van der Waals surface area contributed by atoms with Gasteiger partial charge in [-0.1, -0.05) is 41.9 Å². The number of hydrogen-bond donors (Lipinski definition) is 2. The van der Waals surface area contributed by atoms with Crippen LogP contribution in [0.3, 0.4) is 0 Å². The van der Waals surface area contributed by atoms with Gasteiger partial charge in [-0.25, -0.2) is 0 Å². The Hall–Kier alpha value is -2.33. The van der Waals surface area contributed by atoms with Gasteiger partial charge in [0.2, 0.25) is 0 Å². The zero-order valence-electron chi connectivity index (χ0n) is 16.5. The molecule has 0 aliphatic carbocycles. The molecule has 0 saturated carbocycles. The van der Waals surface area contributed by atoms with Gasteiger partial charge in [0.25, 0.3) is 11.8 Å². The molecule has 27 heavy (non-hydrogen) atoms. The van der Waals surface area contributed by atoms with Crippen LogP contribution in [-0.2, 0) is 6.42 Å². The van der Waals surface area contributed by atoms with Crippen molar-refractivity contribution in [2.24, 2.45) is 0 Å². The molecule has 5 heteroatoms. The Kier molecular flexibility index (Phi) is 7.03. The van der Waals surface area contributed by atoms with Crippen molar-refractivity contribution in [3.63, 3.8) is 0 Å². The summed E-state index contributed by atoms with van der Waals surface area (Å²) in [4.78, 5) is 24.9. The molecule has 2 amide bonds. The minimum Gasteiger partial charge on any atom is -0.350 e. The van der Waals surface area contributed by atoms with Crippen LogP contribution < -0.4 is 10.6 Å². The zero-order valence-corrected chi connectivity index (χ0v) is 17.3. The number of nitrogens with one attached hydrogen (secondary N) is 2. The number of amides is 2. The number of rotatable bonds is 6. The minimum atomic E-state index is -0.191. The van der Waals surface area contributed by atoms with Gasteiger partial charge in [-0.3, -0.25) is 9.59 Å². The van der Waals surface area contributed by atoms with E-state index in [9.17, 15) is 9.59 Å². The second-order valence-corrected chi connectivity index (χ2v) is 7.63. The molecule has 0 saturated heterocycles. The molecular weight excluding hydrogens is 360 g/mol. The molecule has 0 bridgehead atoms. The maximum Gasteiger partial charge on any atom is 0.252 e. The fourth-order valence-electron chi connectivity index (χ4n) is 3.10. The molecule has 0 radical (unpaired) electrons. The van der Waals surface area contributed by atoms with Gasteiger partial charge in [-0.05, 0) is 63.8 Å². The second-order valence-electron chi connectivity index (χ2n) is 7.25. The first-order valence-corrected chi connectivity index (χ1v) is 9.53. The third-order valence-electron chi connectivity index (χ3n) is 4.35. The monoisotopic (exact) mass is 386 g/mol. The predicted molar refractivity (Wildman–Crippen MR) is 111 cm³/mol. The van der Waals surface area contributed by atoms with Crippen LogP contribution in [0.25, 0.3) is 0 Å². The largest absolute Gasteiger partial charge is 0.350 e. The van der Waals surface area contributed by atoms with Crippen LogP contribution in [0.2, 0.25) is 5.02 Å². The van der Waals surface area contributed by atoms with Crippen LogP contribution in [0.15, 0.2) is 36.4 Å². The summed E-state index contributed by atoms with van der Waals surface area (Å²) in [6.07, 6.45) is 0.540. The molecule has 0 spiro atoms. The molecule has 1 unspecified atom stereocenters. The highest BCUT2D eigenvalue weighted by molar-refractivity contribution is 6.34. The van der Waals surface area contributed by atoms with Crippen molar-refractivity contribution in [3.05, 3.63) is 69.2 Å². The molecule has 0 fully saturated rings. The predicted octanol–water partition coefficient (Wildman–Crippen LogP) is 4.46. The van der Waals surface area contributed by atoms with Crippen molar-refractivity contribution in [2.45, 2.75) is 53.1 Å². The van der Waals surface area contributed by atoms with Gasteiger partial charge in [-0.2, -0.15) is 0 Å². The lowest BCUT2D eigenvalue weighted by atomic mass is 10.0. The third-order valence-corrected chi connectivity index (χ3v) is 4.80. The Labute approximate surface area is 166 Å². The Morgan fingerprint density at radius 3 is 2.11 bits per heavy atom. The van der Waals surface area contributed by atoms with Crippen molar-refractivity contribution in [2.75, 3.05) is 0 Å². The van der Waals surface area contributed by atoms with E-state index in [0.717, 1.165) is 16.7 Å². The van der Waals surface area contributed by atoms with E-state index in [-0.39, 0.29) is 23.9 Å². The maximum absolute atomic E-state index is 12.7. The molecule has 2 rings (SSSR count). The lowest BCUT2D eigenvalue weighted by Crippen LogP contribution is -2.35. The van der Waals surface area contributed by atoms with Gasteiger partial charge < -0.3 is 10.6 Å². The number of aryl methyl sites for hydroxylation is 2. The molecule has 2 N–H and O–H groups in total. The van der Waals surface area contributed by atoms with E-state index in [1.54, 1.807) is 6.07 Å². The van der Waals surface area contributed by atoms with Gasteiger partial charge >= 0.3 is 0 Å². The zero-order chi connectivity index (χ0) is 20.1. The van der Waals surface area contributed by atoms with Crippen LogP contribution in [0, 0.1) is 13.8 Å². The highest BCUT2D eigenvalue weighted by atomic mass is 35.5. The number of benzene rings is 2. The summed E-state index contributed by atoms with van der Waals surface area (Å²) < 4.78 is 0. The number of hydrogen-bond acceptors (Lipinski definition) is 2. The smallest absolute Gasteiger partial charge is 0.252 e. The topological polar surface area (TPSA) is 58.2 Å². The van der Waals surface area contributed by atoms with E-state index in [0.29, 0.717) is 22.6 Å².